The fourth-order valence-electron chi connectivity index (χ4n) is 5.99. The Balaban J connectivity index is 1.81. The van der Waals surface area contributed by atoms with Gasteiger partial charge in [0, 0.05) is 24.7 Å². The summed E-state index contributed by atoms with van der Waals surface area (Å²) in [6.45, 7) is 5.53. The minimum Gasteiger partial charge on any atom is -0.374 e. The SMILES string of the molecule is CCC1(CC)[C@@H]2C=C[C@H]1[C@H]1C(=O)CC[C@]3(CCO3)[C@H]12. The second kappa shape index (κ2) is 3.72. The van der Waals surface area contributed by atoms with E-state index in [1.165, 1.54) is 19.3 Å². The van der Waals surface area contributed by atoms with Crippen molar-refractivity contribution in [3.05, 3.63) is 12.2 Å². The summed E-state index contributed by atoms with van der Waals surface area (Å²) in [5.41, 5.74) is 0.416. The Labute approximate surface area is 115 Å². The first-order valence-electron chi connectivity index (χ1n) is 8.03. The average Bonchev–Trinajstić information content (AvgIpc) is 2.89. The number of hydrogen-bond donors (Lipinski definition) is 0. The Morgan fingerprint density at radius 1 is 1.21 bits per heavy atom. The van der Waals surface area contributed by atoms with Crippen LogP contribution in [0, 0.1) is 29.1 Å². The van der Waals surface area contributed by atoms with Crippen LogP contribution < -0.4 is 0 Å². The molecule has 0 amide bonds. The molecule has 0 radical (unpaired) electrons. The second-order valence-electron chi connectivity index (χ2n) is 7.06. The van der Waals surface area contributed by atoms with E-state index < -0.39 is 0 Å². The van der Waals surface area contributed by atoms with E-state index >= 15 is 0 Å². The molecule has 4 aliphatic rings. The minimum atomic E-state index is 0.0678. The van der Waals surface area contributed by atoms with Crippen LogP contribution in [0.1, 0.15) is 46.0 Å². The molecule has 3 aliphatic carbocycles. The van der Waals surface area contributed by atoms with Gasteiger partial charge in [0.25, 0.3) is 0 Å². The van der Waals surface area contributed by atoms with E-state index in [2.05, 4.69) is 26.0 Å². The van der Waals surface area contributed by atoms with Gasteiger partial charge in [-0.3, -0.25) is 4.79 Å². The third-order valence-electron chi connectivity index (χ3n) is 7.02. The Hall–Kier alpha value is -0.630. The summed E-state index contributed by atoms with van der Waals surface area (Å²) >= 11 is 0. The van der Waals surface area contributed by atoms with Gasteiger partial charge in [-0.2, -0.15) is 0 Å². The molecule has 4 rings (SSSR count). The molecule has 2 nitrogen and oxygen atoms in total. The highest BCUT2D eigenvalue weighted by molar-refractivity contribution is 5.84. The van der Waals surface area contributed by atoms with Crippen molar-refractivity contribution in [1.82, 2.24) is 0 Å². The normalized spacial score (nSPS) is 49.5. The van der Waals surface area contributed by atoms with E-state index in [1.807, 2.05) is 0 Å². The molecule has 104 valence electrons. The fraction of sp³-hybridized carbons (Fsp3) is 0.824. The monoisotopic (exact) mass is 260 g/mol. The molecule has 2 heteroatoms. The third-order valence-corrected chi connectivity index (χ3v) is 7.02. The quantitative estimate of drug-likeness (QED) is 0.712. The van der Waals surface area contributed by atoms with Gasteiger partial charge in [-0.1, -0.05) is 26.0 Å². The zero-order valence-corrected chi connectivity index (χ0v) is 12.0. The first kappa shape index (κ1) is 12.1. The average molecular weight is 260 g/mol. The van der Waals surface area contributed by atoms with Gasteiger partial charge in [0.05, 0.1) is 12.2 Å². The van der Waals surface area contributed by atoms with E-state index in [9.17, 15) is 4.79 Å². The number of ketones is 1. The number of Topliss-reactive ketones (excluding diaryl/α,β-unsaturated/α-hetero) is 1. The largest absolute Gasteiger partial charge is 0.374 e. The van der Waals surface area contributed by atoms with Crippen LogP contribution in [-0.4, -0.2) is 18.0 Å². The van der Waals surface area contributed by atoms with Crippen molar-refractivity contribution in [2.45, 2.75) is 51.6 Å². The van der Waals surface area contributed by atoms with Crippen molar-refractivity contribution in [3.63, 3.8) is 0 Å². The molecule has 0 aromatic carbocycles. The first-order chi connectivity index (χ1) is 9.18. The molecule has 2 saturated carbocycles. The standard InChI is InChI=1S/C17H24O2/c1-3-16(4-2)11-5-6-12(16)15-14(11)13(18)7-8-17(15)9-10-19-17/h5-6,11-12,14-15H,3-4,7-10H2,1-2H3/t11-,12+,14-,15-,17-/m0/s1. The van der Waals surface area contributed by atoms with Crippen LogP contribution in [0.3, 0.4) is 0 Å². The Bertz CT molecular complexity index is 442. The maximum Gasteiger partial charge on any atom is 0.137 e. The van der Waals surface area contributed by atoms with Crippen molar-refractivity contribution < 1.29 is 9.53 Å². The molecular weight excluding hydrogens is 236 g/mol. The summed E-state index contributed by atoms with van der Waals surface area (Å²) in [7, 11) is 0. The first-order valence-corrected chi connectivity index (χ1v) is 8.03. The van der Waals surface area contributed by atoms with Gasteiger partial charge < -0.3 is 4.74 Å². The lowest BCUT2D eigenvalue weighted by Gasteiger charge is -2.53. The predicted molar refractivity (Wildman–Crippen MR) is 73.7 cm³/mol. The third kappa shape index (κ3) is 1.20. The number of fused-ring (bicyclic) bond motifs is 6. The van der Waals surface area contributed by atoms with Crippen molar-refractivity contribution in [3.8, 4) is 0 Å². The van der Waals surface area contributed by atoms with Crippen molar-refractivity contribution >= 4 is 5.78 Å². The van der Waals surface area contributed by atoms with Gasteiger partial charge in [0.2, 0.25) is 0 Å². The van der Waals surface area contributed by atoms with Crippen LogP contribution >= 0.6 is 0 Å². The van der Waals surface area contributed by atoms with Crippen LogP contribution in [0.25, 0.3) is 0 Å². The van der Waals surface area contributed by atoms with Gasteiger partial charge in [-0.15, -0.1) is 0 Å². The second-order valence-corrected chi connectivity index (χ2v) is 7.06. The number of ether oxygens (including phenoxy) is 1. The Morgan fingerprint density at radius 2 is 1.89 bits per heavy atom. The van der Waals surface area contributed by atoms with Crippen molar-refractivity contribution in [2.75, 3.05) is 6.61 Å². The molecule has 1 heterocycles. The van der Waals surface area contributed by atoms with E-state index in [4.69, 9.17) is 4.74 Å². The highest BCUT2D eigenvalue weighted by Crippen LogP contribution is 2.69. The molecule has 0 aromatic heterocycles. The molecule has 1 aliphatic heterocycles. The number of carbonyl (C=O) groups excluding carboxylic acids is 1. The van der Waals surface area contributed by atoms with E-state index in [0.717, 1.165) is 19.4 Å². The molecule has 19 heavy (non-hydrogen) atoms. The smallest absolute Gasteiger partial charge is 0.137 e. The van der Waals surface area contributed by atoms with Gasteiger partial charge in [-0.25, -0.2) is 0 Å². The van der Waals surface area contributed by atoms with E-state index in [0.29, 0.717) is 29.0 Å². The maximum absolute atomic E-state index is 12.5. The van der Waals surface area contributed by atoms with Gasteiger partial charge in [-0.05, 0) is 36.5 Å². The number of allylic oxidation sites excluding steroid dienone is 2. The molecule has 3 fully saturated rings. The highest BCUT2D eigenvalue weighted by atomic mass is 16.5. The van der Waals surface area contributed by atoms with E-state index in [1.54, 1.807) is 0 Å². The van der Waals surface area contributed by atoms with Crippen LogP contribution in [-0.2, 0) is 9.53 Å². The molecule has 0 N–H and O–H groups in total. The fourth-order valence-corrected chi connectivity index (χ4v) is 5.99. The van der Waals surface area contributed by atoms with Crippen molar-refractivity contribution in [2.24, 2.45) is 29.1 Å². The molecule has 5 atom stereocenters. The summed E-state index contributed by atoms with van der Waals surface area (Å²) < 4.78 is 6.07. The van der Waals surface area contributed by atoms with Crippen LogP contribution in [0.5, 0.6) is 0 Å². The van der Waals surface area contributed by atoms with Crippen LogP contribution in [0.4, 0.5) is 0 Å². The van der Waals surface area contributed by atoms with Gasteiger partial charge in [0.1, 0.15) is 5.78 Å². The summed E-state index contributed by atoms with van der Waals surface area (Å²) in [5, 5.41) is 0. The lowest BCUT2D eigenvalue weighted by molar-refractivity contribution is -0.212. The lowest BCUT2D eigenvalue weighted by atomic mass is 9.61. The van der Waals surface area contributed by atoms with Crippen LogP contribution in [0.2, 0.25) is 0 Å². The zero-order valence-electron chi connectivity index (χ0n) is 12.0. The van der Waals surface area contributed by atoms with Crippen LogP contribution in [0.15, 0.2) is 12.2 Å². The maximum atomic E-state index is 12.5. The summed E-state index contributed by atoms with van der Waals surface area (Å²) in [6.07, 6.45) is 10.1. The summed E-state index contributed by atoms with van der Waals surface area (Å²) in [5.74, 6) is 2.35. The number of rotatable bonds is 2. The van der Waals surface area contributed by atoms with Crippen molar-refractivity contribution in [1.29, 1.82) is 0 Å². The molecule has 0 aromatic rings. The number of carbonyl (C=O) groups is 1. The molecule has 2 bridgehead atoms. The number of hydrogen-bond acceptors (Lipinski definition) is 2. The topological polar surface area (TPSA) is 26.3 Å². The minimum absolute atomic E-state index is 0.0678. The molecule has 0 unspecified atom stereocenters. The Kier molecular flexibility index (Phi) is 2.38. The predicted octanol–water partition coefficient (Wildman–Crippen LogP) is 3.36. The molecular formula is C17H24O2. The molecule has 1 spiro atoms. The highest BCUT2D eigenvalue weighted by Gasteiger charge is 2.69. The van der Waals surface area contributed by atoms with Gasteiger partial charge >= 0.3 is 0 Å². The van der Waals surface area contributed by atoms with E-state index in [-0.39, 0.29) is 11.5 Å². The Morgan fingerprint density at radius 3 is 2.47 bits per heavy atom. The molecule has 1 saturated heterocycles. The zero-order chi connectivity index (χ0) is 13.3. The van der Waals surface area contributed by atoms with Gasteiger partial charge in [0.15, 0.2) is 0 Å². The lowest BCUT2D eigenvalue weighted by Crippen LogP contribution is -2.58. The summed E-state index contributed by atoms with van der Waals surface area (Å²) in [6, 6.07) is 0. The summed E-state index contributed by atoms with van der Waals surface area (Å²) in [4.78, 5) is 12.5.